The number of aliphatic hydroxyl groups excluding tert-OH is 1. The van der Waals surface area contributed by atoms with Gasteiger partial charge in [-0.2, -0.15) is 0 Å². The van der Waals surface area contributed by atoms with Crippen molar-refractivity contribution in [3.05, 3.63) is 66.0 Å². The fourth-order valence-corrected chi connectivity index (χ4v) is 2.49. The summed E-state index contributed by atoms with van der Waals surface area (Å²) < 4.78 is 0. The molecule has 0 aliphatic carbocycles. The number of hydrogen-bond acceptors (Lipinski definition) is 2. The number of nitrogens with zero attached hydrogens (tertiary/aromatic N) is 1. The van der Waals surface area contributed by atoms with Crippen LogP contribution in [0, 0.1) is 6.92 Å². The molecule has 0 spiro atoms. The number of H-pyrrole nitrogens is 1. The van der Waals surface area contributed by atoms with E-state index in [0.717, 1.165) is 33.6 Å². The van der Waals surface area contributed by atoms with Crippen molar-refractivity contribution in [2.75, 3.05) is 0 Å². The maximum Gasteiger partial charge on any atom is 0.0705 e. The minimum atomic E-state index is 0.0254. The third kappa shape index (κ3) is 2.12. The Morgan fingerprint density at radius 1 is 0.950 bits per heavy atom. The van der Waals surface area contributed by atoms with Gasteiger partial charge in [-0.1, -0.05) is 30.3 Å². The molecule has 0 aliphatic rings. The van der Waals surface area contributed by atoms with Crippen LogP contribution in [-0.2, 0) is 6.61 Å². The Bertz CT molecular complexity index is 703. The lowest BCUT2D eigenvalue weighted by Gasteiger charge is -2.01. The summed E-state index contributed by atoms with van der Waals surface area (Å²) in [5.74, 6) is 0. The standard InChI is InChI=1S/C17H16N2O/c1-12-15(11-20)17(13-5-3-2-4-6-13)19-16(12)14-7-9-18-10-8-14/h2-10,19-20H,11H2,1H3. The first kappa shape index (κ1) is 12.6. The Morgan fingerprint density at radius 3 is 2.25 bits per heavy atom. The largest absolute Gasteiger partial charge is 0.392 e. The Hall–Kier alpha value is -2.39. The number of aliphatic hydroxyl groups is 1. The van der Waals surface area contributed by atoms with E-state index in [4.69, 9.17) is 0 Å². The van der Waals surface area contributed by atoms with Crippen molar-refractivity contribution in [1.29, 1.82) is 0 Å². The zero-order valence-corrected chi connectivity index (χ0v) is 11.3. The summed E-state index contributed by atoms with van der Waals surface area (Å²) in [4.78, 5) is 7.49. The molecule has 100 valence electrons. The molecule has 20 heavy (non-hydrogen) atoms. The summed E-state index contributed by atoms with van der Waals surface area (Å²) in [7, 11) is 0. The summed E-state index contributed by atoms with van der Waals surface area (Å²) in [6.45, 7) is 2.06. The van der Waals surface area contributed by atoms with Crippen LogP contribution in [0.25, 0.3) is 22.5 Å². The molecule has 3 heteroatoms. The van der Waals surface area contributed by atoms with Gasteiger partial charge in [0.25, 0.3) is 0 Å². The quantitative estimate of drug-likeness (QED) is 0.760. The van der Waals surface area contributed by atoms with E-state index in [2.05, 4.69) is 9.97 Å². The number of hydrogen-bond donors (Lipinski definition) is 2. The van der Waals surface area contributed by atoms with E-state index < -0.39 is 0 Å². The monoisotopic (exact) mass is 264 g/mol. The van der Waals surface area contributed by atoms with E-state index in [-0.39, 0.29) is 6.61 Å². The predicted molar refractivity (Wildman–Crippen MR) is 80.1 cm³/mol. The SMILES string of the molecule is Cc1c(-c2ccncc2)[nH]c(-c2ccccc2)c1CO. The van der Waals surface area contributed by atoms with Gasteiger partial charge in [0.2, 0.25) is 0 Å². The third-order valence-corrected chi connectivity index (χ3v) is 3.57. The number of rotatable bonds is 3. The highest BCUT2D eigenvalue weighted by atomic mass is 16.3. The Balaban J connectivity index is 2.18. The number of nitrogens with one attached hydrogen (secondary N) is 1. The second kappa shape index (κ2) is 5.31. The molecule has 3 rings (SSSR count). The first-order chi connectivity index (χ1) is 9.81. The van der Waals surface area contributed by atoms with Crippen LogP contribution in [0.2, 0.25) is 0 Å². The van der Waals surface area contributed by atoms with Crippen LogP contribution in [0.15, 0.2) is 54.9 Å². The van der Waals surface area contributed by atoms with Crippen LogP contribution in [0.5, 0.6) is 0 Å². The van der Waals surface area contributed by atoms with Gasteiger partial charge in [-0.3, -0.25) is 4.98 Å². The molecule has 2 aromatic heterocycles. The molecule has 3 aromatic rings. The first-order valence-electron chi connectivity index (χ1n) is 6.59. The van der Waals surface area contributed by atoms with E-state index in [1.54, 1.807) is 12.4 Å². The van der Waals surface area contributed by atoms with Crippen LogP contribution in [0.4, 0.5) is 0 Å². The van der Waals surface area contributed by atoms with Gasteiger partial charge < -0.3 is 10.1 Å². The minimum Gasteiger partial charge on any atom is -0.392 e. The maximum atomic E-state index is 9.69. The van der Waals surface area contributed by atoms with E-state index in [1.165, 1.54) is 0 Å². The molecule has 0 bridgehead atoms. The molecule has 0 saturated heterocycles. The van der Waals surface area contributed by atoms with Crippen molar-refractivity contribution in [3.8, 4) is 22.5 Å². The third-order valence-electron chi connectivity index (χ3n) is 3.57. The Kier molecular flexibility index (Phi) is 3.35. The van der Waals surface area contributed by atoms with E-state index in [1.807, 2.05) is 49.4 Å². The van der Waals surface area contributed by atoms with Gasteiger partial charge in [-0.25, -0.2) is 0 Å². The molecule has 1 aromatic carbocycles. The first-order valence-corrected chi connectivity index (χ1v) is 6.59. The molecule has 0 saturated carbocycles. The lowest BCUT2D eigenvalue weighted by atomic mass is 10.0. The van der Waals surface area contributed by atoms with E-state index >= 15 is 0 Å². The number of benzene rings is 1. The number of aromatic amines is 1. The van der Waals surface area contributed by atoms with Crippen LogP contribution >= 0.6 is 0 Å². The van der Waals surface area contributed by atoms with Crippen LogP contribution in [0.1, 0.15) is 11.1 Å². The molecule has 2 N–H and O–H groups in total. The van der Waals surface area contributed by atoms with Crippen LogP contribution in [0.3, 0.4) is 0 Å². The summed E-state index contributed by atoms with van der Waals surface area (Å²) in [5.41, 5.74) is 6.21. The smallest absolute Gasteiger partial charge is 0.0705 e. The van der Waals surface area contributed by atoms with Gasteiger partial charge in [0.05, 0.1) is 12.3 Å². The fourth-order valence-electron chi connectivity index (χ4n) is 2.49. The van der Waals surface area contributed by atoms with E-state index in [9.17, 15) is 5.11 Å². The molecule has 0 fully saturated rings. The van der Waals surface area contributed by atoms with Crippen molar-refractivity contribution < 1.29 is 5.11 Å². The summed E-state index contributed by atoms with van der Waals surface area (Å²) in [5, 5.41) is 9.69. The number of pyridine rings is 1. The normalized spacial score (nSPS) is 10.7. The molecule has 0 aliphatic heterocycles. The average molecular weight is 264 g/mol. The number of aromatic nitrogens is 2. The molecule has 3 nitrogen and oxygen atoms in total. The zero-order valence-electron chi connectivity index (χ0n) is 11.3. The second-order valence-electron chi connectivity index (χ2n) is 4.74. The van der Waals surface area contributed by atoms with Gasteiger partial charge in [0.15, 0.2) is 0 Å². The van der Waals surface area contributed by atoms with Gasteiger partial charge in [0, 0.05) is 29.2 Å². The highest BCUT2D eigenvalue weighted by Crippen LogP contribution is 2.33. The van der Waals surface area contributed by atoms with Crippen molar-refractivity contribution in [3.63, 3.8) is 0 Å². The van der Waals surface area contributed by atoms with Crippen molar-refractivity contribution in [2.45, 2.75) is 13.5 Å². The molecular weight excluding hydrogens is 248 g/mol. The lowest BCUT2D eigenvalue weighted by molar-refractivity contribution is 0.282. The minimum absolute atomic E-state index is 0.0254. The molecule has 0 unspecified atom stereocenters. The molecule has 0 amide bonds. The summed E-state index contributed by atoms with van der Waals surface area (Å²) >= 11 is 0. The zero-order chi connectivity index (χ0) is 13.9. The Labute approximate surface area is 117 Å². The highest BCUT2D eigenvalue weighted by molar-refractivity contribution is 5.75. The summed E-state index contributed by atoms with van der Waals surface area (Å²) in [6, 6.07) is 14.0. The molecular formula is C17H16N2O. The van der Waals surface area contributed by atoms with Crippen molar-refractivity contribution in [2.24, 2.45) is 0 Å². The van der Waals surface area contributed by atoms with Gasteiger partial charge in [-0.05, 0) is 30.2 Å². The Morgan fingerprint density at radius 2 is 1.60 bits per heavy atom. The van der Waals surface area contributed by atoms with Crippen molar-refractivity contribution >= 4 is 0 Å². The van der Waals surface area contributed by atoms with E-state index in [0.29, 0.717) is 0 Å². The van der Waals surface area contributed by atoms with Gasteiger partial charge in [-0.15, -0.1) is 0 Å². The van der Waals surface area contributed by atoms with Gasteiger partial charge >= 0.3 is 0 Å². The lowest BCUT2D eigenvalue weighted by Crippen LogP contribution is -1.87. The molecule has 0 atom stereocenters. The fraction of sp³-hybridized carbons (Fsp3) is 0.118. The predicted octanol–water partition coefficient (Wildman–Crippen LogP) is 3.54. The maximum absolute atomic E-state index is 9.69. The van der Waals surface area contributed by atoms with Crippen LogP contribution < -0.4 is 0 Å². The molecule has 0 radical (unpaired) electrons. The van der Waals surface area contributed by atoms with Crippen LogP contribution in [-0.4, -0.2) is 15.1 Å². The topological polar surface area (TPSA) is 48.9 Å². The summed E-state index contributed by atoms with van der Waals surface area (Å²) in [6.07, 6.45) is 3.55. The second-order valence-corrected chi connectivity index (χ2v) is 4.74. The van der Waals surface area contributed by atoms with Gasteiger partial charge in [0.1, 0.15) is 0 Å². The average Bonchev–Trinajstić information content (AvgIpc) is 2.86. The van der Waals surface area contributed by atoms with Crippen molar-refractivity contribution in [1.82, 2.24) is 9.97 Å². The molecule has 2 heterocycles. The highest BCUT2D eigenvalue weighted by Gasteiger charge is 2.15.